The molecule has 3 N–H and O–H groups in total. The number of hydrogen-bond acceptors (Lipinski definition) is 2. The fourth-order valence-corrected chi connectivity index (χ4v) is 1.79. The van der Waals surface area contributed by atoms with Crippen molar-refractivity contribution in [3.05, 3.63) is 11.6 Å². The monoisotopic (exact) mass is 225 g/mol. The second kappa shape index (κ2) is 5.85. The summed E-state index contributed by atoms with van der Waals surface area (Å²) in [5, 5.41) is 4.48. The van der Waals surface area contributed by atoms with Gasteiger partial charge in [0.15, 0.2) is 5.11 Å². The van der Waals surface area contributed by atoms with Crippen molar-refractivity contribution in [2.45, 2.75) is 39.5 Å². The van der Waals surface area contributed by atoms with Crippen LogP contribution in [0.3, 0.4) is 0 Å². The predicted octanol–water partition coefficient (Wildman–Crippen LogP) is 2.33. The summed E-state index contributed by atoms with van der Waals surface area (Å²) in [5.74, 6) is 0.563. The predicted molar refractivity (Wildman–Crippen MR) is 68.7 cm³/mol. The van der Waals surface area contributed by atoms with E-state index in [1.165, 1.54) is 18.4 Å². The Bertz CT molecular complexity index is 292. The molecular formula is C11H19N3S. The SMILES string of the molecule is CC(C)/C=C1\CCCC\C1=N/NC(N)=S. The van der Waals surface area contributed by atoms with E-state index in [4.69, 9.17) is 18.0 Å². The lowest BCUT2D eigenvalue weighted by Gasteiger charge is -2.17. The van der Waals surface area contributed by atoms with Crippen molar-refractivity contribution in [2.75, 3.05) is 0 Å². The maximum absolute atomic E-state index is 5.35. The molecule has 1 aliphatic rings. The van der Waals surface area contributed by atoms with Crippen LogP contribution >= 0.6 is 12.2 Å². The topological polar surface area (TPSA) is 50.4 Å². The second-order valence-electron chi connectivity index (χ2n) is 4.18. The summed E-state index contributed by atoms with van der Waals surface area (Å²) >= 11 is 4.73. The van der Waals surface area contributed by atoms with Crippen molar-refractivity contribution in [3.63, 3.8) is 0 Å². The van der Waals surface area contributed by atoms with E-state index in [0.717, 1.165) is 18.6 Å². The van der Waals surface area contributed by atoms with Gasteiger partial charge in [-0.3, -0.25) is 5.43 Å². The highest BCUT2D eigenvalue weighted by molar-refractivity contribution is 7.80. The standard InChI is InChI=1S/C11H19N3S/c1-8(2)7-9-5-3-4-6-10(9)13-14-11(12)15/h7-8H,3-6H2,1-2H3,(H3,12,14,15)/b9-7+,13-10+. The quantitative estimate of drug-likeness (QED) is 0.560. The highest BCUT2D eigenvalue weighted by atomic mass is 32.1. The summed E-state index contributed by atoms with van der Waals surface area (Å²) < 4.78 is 0. The van der Waals surface area contributed by atoms with E-state index in [1.54, 1.807) is 0 Å². The molecule has 0 aliphatic heterocycles. The molecule has 84 valence electrons. The van der Waals surface area contributed by atoms with Crippen LogP contribution in [0, 0.1) is 5.92 Å². The van der Waals surface area contributed by atoms with Gasteiger partial charge in [-0.1, -0.05) is 19.9 Å². The zero-order valence-electron chi connectivity index (χ0n) is 9.42. The third-order valence-electron chi connectivity index (χ3n) is 2.32. The maximum Gasteiger partial charge on any atom is 0.184 e. The molecule has 0 atom stereocenters. The van der Waals surface area contributed by atoms with Crippen LogP contribution < -0.4 is 11.2 Å². The van der Waals surface area contributed by atoms with E-state index in [0.29, 0.717) is 5.92 Å². The molecule has 15 heavy (non-hydrogen) atoms. The average Bonchev–Trinajstić information content (AvgIpc) is 2.15. The Labute approximate surface area is 96.8 Å². The number of thiocarbonyl (C=S) groups is 1. The Morgan fingerprint density at radius 1 is 1.47 bits per heavy atom. The molecular weight excluding hydrogens is 206 g/mol. The molecule has 4 heteroatoms. The Morgan fingerprint density at radius 3 is 2.73 bits per heavy atom. The second-order valence-corrected chi connectivity index (χ2v) is 4.62. The molecule has 3 nitrogen and oxygen atoms in total. The first-order valence-electron chi connectivity index (χ1n) is 5.42. The van der Waals surface area contributed by atoms with Gasteiger partial charge in [0.25, 0.3) is 0 Å². The van der Waals surface area contributed by atoms with Gasteiger partial charge in [0.05, 0.1) is 5.71 Å². The van der Waals surface area contributed by atoms with Crippen LogP contribution in [0.5, 0.6) is 0 Å². The van der Waals surface area contributed by atoms with Gasteiger partial charge < -0.3 is 5.73 Å². The molecule has 0 aromatic rings. The third-order valence-corrected chi connectivity index (χ3v) is 2.41. The molecule has 0 heterocycles. The first-order chi connectivity index (χ1) is 7.09. The summed E-state index contributed by atoms with van der Waals surface area (Å²) in [6, 6.07) is 0. The van der Waals surface area contributed by atoms with Crippen molar-refractivity contribution in [2.24, 2.45) is 16.8 Å². The lowest BCUT2D eigenvalue weighted by molar-refractivity contribution is 0.714. The number of nitrogens with one attached hydrogen (secondary N) is 1. The van der Waals surface area contributed by atoms with Gasteiger partial charge >= 0.3 is 0 Å². The molecule has 1 fully saturated rings. The number of hydrogen-bond donors (Lipinski definition) is 2. The fourth-order valence-electron chi connectivity index (χ4n) is 1.74. The van der Waals surface area contributed by atoms with E-state index >= 15 is 0 Å². The number of nitrogens with zero attached hydrogens (tertiary/aromatic N) is 1. The van der Waals surface area contributed by atoms with Gasteiger partial charge in [-0.2, -0.15) is 5.10 Å². The number of rotatable bonds is 2. The minimum absolute atomic E-state index is 0.233. The van der Waals surface area contributed by atoms with Crippen molar-refractivity contribution in [1.29, 1.82) is 0 Å². The van der Waals surface area contributed by atoms with Gasteiger partial charge in [0, 0.05) is 0 Å². The van der Waals surface area contributed by atoms with Gasteiger partial charge in [-0.15, -0.1) is 0 Å². The normalized spacial score (nSPS) is 22.3. The molecule has 0 saturated heterocycles. The highest BCUT2D eigenvalue weighted by Crippen LogP contribution is 2.22. The lowest BCUT2D eigenvalue weighted by atomic mass is 9.91. The first kappa shape index (κ1) is 12.2. The Hall–Kier alpha value is -0.900. The van der Waals surface area contributed by atoms with Gasteiger partial charge in [0.2, 0.25) is 0 Å². The zero-order chi connectivity index (χ0) is 11.3. The van der Waals surface area contributed by atoms with Crippen molar-refractivity contribution in [3.8, 4) is 0 Å². The van der Waals surface area contributed by atoms with Crippen LogP contribution in [-0.4, -0.2) is 10.8 Å². The van der Waals surface area contributed by atoms with Crippen LogP contribution in [0.1, 0.15) is 39.5 Å². The van der Waals surface area contributed by atoms with Gasteiger partial charge in [0.1, 0.15) is 0 Å². The van der Waals surface area contributed by atoms with E-state index in [1.807, 2.05) is 0 Å². The Kier molecular flexibility index (Phi) is 4.75. The van der Waals surface area contributed by atoms with E-state index in [9.17, 15) is 0 Å². The lowest BCUT2D eigenvalue weighted by Crippen LogP contribution is -2.26. The number of allylic oxidation sites excluding steroid dienone is 2. The molecule has 0 aromatic carbocycles. The van der Waals surface area contributed by atoms with E-state index < -0.39 is 0 Å². The summed E-state index contributed by atoms with van der Waals surface area (Å²) in [6.45, 7) is 4.36. The smallest absolute Gasteiger partial charge is 0.184 e. The van der Waals surface area contributed by atoms with E-state index in [-0.39, 0.29) is 5.11 Å². The Balaban J connectivity index is 2.73. The molecule has 0 amide bonds. The fraction of sp³-hybridized carbons (Fsp3) is 0.636. The molecule has 0 aromatic heterocycles. The number of hydrazone groups is 1. The van der Waals surface area contributed by atoms with E-state index in [2.05, 4.69) is 30.5 Å². The van der Waals surface area contributed by atoms with Crippen LogP contribution in [0.2, 0.25) is 0 Å². The van der Waals surface area contributed by atoms with Crippen molar-refractivity contribution < 1.29 is 0 Å². The largest absolute Gasteiger partial charge is 0.375 e. The molecule has 0 unspecified atom stereocenters. The molecule has 1 saturated carbocycles. The third kappa shape index (κ3) is 4.42. The summed E-state index contributed by atoms with van der Waals surface area (Å²) in [6.07, 6.45) is 6.88. The highest BCUT2D eigenvalue weighted by Gasteiger charge is 2.13. The Morgan fingerprint density at radius 2 is 2.13 bits per heavy atom. The van der Waals surface area contributed by atoms with Crippen molar-refractivity contribution in [1.82, 2.24) is 5.43 Å². The van der Waals surface area contributed by atoms with Gasteiger partial charge in [-0.25, -0.2) is 0 Å². The molecule has 1 aliphatic carbocycles. The summed E-state index contributed by atoms with van der Waals surface area (Å²) in [4.78, 5) is 0. The minimum Gasteiger partial charge on any atom is -0.375 e. The minimum atomic E-state index is 0.233. The van der Waals surface area contributed by atoms with Crippen LogP contribution in [0.25, 0.3) is 0 Å². The van der Waals surface area contributed by atoms with Gasteiger partial charge in [-0.05, 0) is 49.4 Å². The number of nitrogens with two attached hydrogens (primary N) is 1. The van der Waals surface area contributed by atoms with Crippen molar-refractivity contribution >= 4 is 23.0 Å². The maximum atomic E-state index is 5.35. The molecule has 0 spiro atoms. The van der Waals surface area contributed by atoms with Crippen LogP contribution in [0.15, 0.2) is 16.8 Å². The van der Waals surface area contributed by atoms with Crippen LogP contribution in [0.4, 0.5) is 0 Å². The average molecular weight is 225 g/mol. The molecule has 0 bridgehead atoms. The summed E-state index contributed by atoms with van der Waals surface area (Å²) in [5.41, 5.74) is 10.5. The first-order valence-corrected chi connectivity index (χ1v) is 5.83. The zero-order valence-corrected chi connectivity index (χ0v) is 10.2. The summed E-state index contributed by atoms with van der Waals surface area (Å²) in [7, 11) is 0. The molecule has 1 rings (SSSR count). The van der Waals surface area contributed by atoms with Crippen LogP contribution in [-0.2, 0) is 0 Å². The molecule has 0 radical (unpaired) electrons.